The lowest BCUT2D eigenvalue weighted by Crippen LogP contribution is -2.23. The highest BCUT2D eigenvalue weighted by atomic mass is 16.5. The molecule has 0 amide bonds. The average molecular weight is 276 g/mol. The van der Waals surface area contributed by atoms with E-state index in [1.807, 2.05) is 12.1 Å². The zero-order valence-corrected chi connectivity index (χ0v) is 11.5. The molecule has 0 saturated carbocycles. The second-order valence-corrected chi connectivity index (χ2v) is 4.59. The monoisotopic (exact) mass is 276 g/mol. The summed E-state index contributed by atoms with van der Waals surface area (Å²) in [6.45, 7) is 1.79. The number of nitrogens with zero attached hydrogens (tertiary/aromatic N) is 2. The fourth-order valence-corrected chi connectivity index (χ4v) is 1.97. The molecule has 0 spiro atoms. The Kier molecular flexibility index (Phi) is 5.67. The molecule has 1 atom stereocenters. The Labute approximate surface area is 118 Å². The van der Waals surface area contributed by atoms with Crippen LogP contribution in [0.25, 0.3) is 11.3 Å². The minimum absolute atomic E-state index is 0.369. The highest BCUT2D eigenvalue weighted by Crippen LogP contribution is 2.19. The van der Waals surface area contributed by atoms with Gasteiger partial charge in [-0.05, 0) is 25.1 Å². The molecule has 0 aliphatic carbocycles. The number of aliphatic hydroxyl groups is 1. The number of methoxy groups -OCH3 is 1. The number of ether oxygens (including phenoxy) is 1. The molecule has 6 nitrogen and oxygen atoms in total. The van der Waals surface area contributed by atoms with Crippen molar-refractivity contribution in [1.29, 1.82) is 0 Å². The number of rotatable bonds is 8. The van der Waals surface area contributed by atoms with Gasteiger partial charge in [0.2, 0.25) is 0 Å². The average Bonchev–Trinajstić information content (AvgIpc) is 2.93. The first-order valence-corrected chi connectivity index (χ1v) is 6.61. The Morgan fingerprint density at radius 2 is 2.35 bits per heavy atom. The predicted octanol–water partition coefficient (Wildman–Crippen LogP) is 0.959. The van der Waals surface area contributed by atoms with Crippen molar-refractivity contribution in [3.63, 3.8) is 0 Å². The lowest BCUT2D eigenvalue weighted by Gasteiger charge is -2.10. The van der Waals surface area contributed by atoms with Crippen molar-refractivity contribution in [2.75, 3.05) is 20.3 Å². The van der Waals surface area contributed by atoms with E-state index in [2.05, 4.69) is 20.5 Å². The Bertz CT molecular complexity index is 501. The summed E-state index contributed by atoms with van der Waals surface area (Å²) in [4.78, 5) is 4.11. The van der Waals surface area contributed by atoms with Crippen LogP contribution in [-0.4, -0.2) is 46.7 Å². The quantitative estimate of drug-likeness (QED) is 0.625. The number of aromatic amines is 1. The number of nitrogens with one attached hydrogen (secondary N) is 2. The molecule has 6 heteroatoms. The maximum Gasteiger partial charge on any atom is 0.0785 e. The van der Waals surface area contributed by atoms with E-state index in [1.165, 1.54) is 0 Å². The summed E-state index contributed by atoms with van der Waals surface area (Å²) in [6.07, 6.45) is 5.60. The van der Waals surface area contributed by atoms with E-state index < -0.39 is 6.10 Å². The summed E-state index contributed by atoms with van der Waals surface area (Å²) in [5, 5.41) is 19.9. The second-order valence-electron chi connectivity index (χ2n) is 4.59. The van der Waals surface area contributed by atoms with Crippen LogP contribution >= 0.6 is 0 Å². The van der Waals surface area contributed by atoms with Crippen molar-refractivity contribution >= 4 is 0 Å². The number of aliphatic hydroxyl groups excluding tert-OH is 1. The Hall–Kier alpha value is -1.76. The third kappa shape index (κ3) is 4.12. The fourth-order valence-electron chi connectivity index (χ4n) is 1.97. The van der Waals surface area contributed by atoms with E-state index in [0.717, 1.165) is 23.4 Å². The number of hydrogen-bond acceptors (Lipinski definition) is 5. The van der Waals surface area contributed by atoms with Crippen LogP contribution in [0.1, 0.15) is 12.0 Å². The molecule has 0 saturated heterocycles. The van der Waals surface area contributed by atoms with Crippen molar-refractivity contribution in [3.8, 4) is 11.3 Å². The molecule has 0 bridgehead atoms. The van der Waals surface area contributed by atoms with Gasteiger partial charge in [-0.15, -0.1) is 0 Å². The van der Waals surface area contributed by atoms with Crippen LogP contribution in [0, 0.1) is 0 Å². The zero-order valence-electron chi connectivity index (χ0n) is 11.5. The first kappa shape index (κ1) is 14.6. The fraction of sp³-hybridized carbons (Fsp3) is 0.429. The van der Waals surface area contributed by atoms with E-state index in [0.29, 0.717) is 19.6 Å². The minimum Gasteiger partial charge on any atom is -0.391 e. The molecular formula is C14H20N4O2. The summed E-state index contributed by atoms with van der Waals surface area (Å²) in [6, 6.07) is 3.89. The van der Waals surface area contributed by atoms with E-state index in [-0.39, 0.29) is 0 Å². The van der Waals surface area contributed by atoms with Crippen LogP contribution in [-0.2, 0) is 11.3 Å². The topological polar surface area (TPSA) is 83.1 Å². The molecule has 0 fully saturated rings. The van der Waals surface area contributed by atoms with Crippen molar-refractivity contribution in [2.24, 2.45) is 0 Å². The van der Waals surface area contributed by atoms with Crippen LogP contribution in [0.3, 0.4) is 0 Å². The molecular weight excluding hydrogens is 256 g/mol. The molecule has 2 heterocycles. The molecule has 2 aromatic heterocycles. The molecule has 20 heavy (non-hydrogen) atoms. The van der Waals surface area contributed by atoms with E-state index in [9.17, 15) is 5.11 Å². The van der Waals surface area contributed by atoms with E-state index in [1.54, 1.807) is 25.7 Å². The van der Waals surface area contributed by atoms with Gasteiger partial charge in [0.15, 0.2) is 0 Å². The van der Waals surface area contributed by atoms with E-state index in [4.69, 9.17) is 4.74 Å². The lowest BCUT2D eigenvalue weighted by molar-refractivity contribution is 0.0594. The lowest BCUT2D eigenvalue weighted by atomic mass is 10.1. The van der Waals surface area contributed by atoms with Crippen molar-refractivity contribution in [3.05, 3.63) is 36.3 Å². The second kappa shape index (κ2) is 7.74. The number of hydrogen-bond donors (Lipinski definition) is 3. The van der Waals surface area contributed by atoms with Gasteiger partial charge in [0, 0.05) is 37.2 Å². The van der Waals surface area contributed by atoms with Crippen LogP contribution in [0.5, 0.6) is 0 Å². The molecule has 0 aromatic carbocycles. The molecule has 0 radical (unpaired) electrons. The summed E-state index contributed by atoms with van der Waals surface area (Å²) < 4.78 is 4.88. The van der Waals surface area contributed by atoms with Crippen LogP contribution < -0.4 is 5.32 Å². The Morgan fingerprint density at radius 1 is 1.45 bits per heavy atom. The molecule has 1 unspecified atom stereocenters. The largest absolute Gasteiger partial charge is 0.391 e. The van der Waals surface area contributed by atoms with Gasteiger partial charge in [0.05, 0.1) is 24.6 Å². The van der Waals surface area contributed by atoms with Gasteiger partial charge in [0.25, 0.3) is 0 Å². The Balaban J connectivity index is 1.84. The maximum absolute atomic E-state index is 9.55. The number of aromatic nitrogens is 3. The van der Waals surface area contributed by atoms with E-state index >= 15 is 0 Å². The van der Waals surface area contributed by atoms with Crippen LogP contribution in [0.2, 0.25) is 0 Å². The smallest absolute Gasteiger partial charge is 0.0785 e. The SMILES string of the molecule is COCC(O)CCNCc1cn[nH]c1-c1cccnc1. The molecule has 2 rings (SSSR count). The Morgan fingerprint density at radius 3 is 3.10 bits per heavy atom. The van der Waals surface area contributed by atoms with Crippen LogP contribution in [0.15, 0.2) is 30.7 Å². The number of pyridine rings is 1. The number of H-pyrrole nitrogens is 1. The first-order valence-electron chi connectivity index (χ1n) is 6.61. The van der Waals surface area contributed by atoms with Gasteiger partial charge < -0.3 is 15.2 Å². The predicted molar refractivity (Wildman–Crippen MR) is 76.0 cm³/mol. The summed E-state index contributed by atoms with van der Waals surface area (Å²) in [5.41, 5.74) is 3.07. The van der Waals surface area contributed by atoms with Gasteiger partial charge in [-0.25, -0.2) is 0 Å². The summed E-state index contributed by atoms with van der Waals surface area (Å²) >= 11 is 0. The summed E-state index contributed by atoms with van der Waals surface area (Å²) in [7, 11) is 1.59. The van der Waals surface area contributed by atoms with Gasteiger partial charge in [-0.1, -0.05) is 0 Å². The van der Waals surface area contributed by atoms with Gasteiger partial charge in [0.1, 0.15) is 0 Å². The minimum atomic E-state index is -0.422. The standard InChI is InChI=1S/C14H20N4O2/c1-20-10-13(19)4-6-16-8-12-9-17-18-14(12)11-3-2-5-15-7-11/h2-3,5,7,9,13,16,19H,4,6,8,10H2,1H3,(H,17,18). The summed E-state index contributed by atoms with van der Waals surface area (Å²) in [5.74, 6) is 0. The highest BCUT2D eigenvalue weighted by Gasteiger charge is 2.08. The third-order valence-electron chi connectivity index (χ3n) is 3.00. The molecule has 0 aliphatic heterocycles. The third-order valence-corrected chi connectivity index (χ3v) is 3.00. The molecule has 2 aromatic rings. The molecule has 0 aliphatic rings. The van der Waals surface area contributed by atoms with Gasteiger partial charge in [-0.3, -0.25) is 10.1 Å². The van der Waals surface area contributed by atoms with Crippen molar-refractivity contribution < 1.29 is 9.84 Å². The highest BCUT2D eigenvalue weighted by molar-refractivity contribution is 5.61. The first-order chi connectivity index (χ1) is 9.81. The van der Waals surface area contributed by atoms with Crippen molar-refractivity contribution in [2.45, 2.75) is 19.1 Å². The van der Waals surface area contributed by atoms with Gasteiger partial charge in [-0.2, -0.15) is 5.10 Å². The molecule has 108 valence electrons. The normalized spacial score (nSPS) is 12.5. The molecule has 3 N–H and O–H groups in total. The van der Waals surface area contributed by atoms with Gasteiger partial charge >= 0.3 is 0 Å². The van der Waals surface area contributed by atoms with Crippen molar-refractivity contribution in [1.82, 2.24) is 20.5 Å². The van der Waals surface area contributed by atoms with Crippen LogP contribution in [0.4, 0.5) is 0 Å². The zero-order chi connectivity index (χ0) is 14.2. The maximum atomic E-state index is 9.55.